The van der Waals surface area contributed by atoms with E-state index < -0.39 is 23.8 Å². The summed E-state index contributed by atoms with van der Waals surface area (Å²) in [5.41, 5.74) is 2.75. The van der Waals surface area contributed by atoms with E-state index in [1.807, 2.05) is 30.3 Å². The lowest BCUT2D eigenvalue weighted by atomic mass is 9.98. The molecule has 206 valence electrons. The highest BCUT2D eigenvalue weighted by atomic mass is 35.5. The molecule has 1 aromatic heterocycles. The van der Waals surface area contributed by atoms with Crippen LogP contribution in [0.15, 0.2) is 71.6 Å². The average molecular weight is 600 g/mol. The van der Waals surface area contributed by atoms with Crippen LogP contribution >= 0.6 is 34.5 Å². The molecule has 0 saturated carbocycles. The number of nitrogens with one attached hydrogen (secondary N) is 1. The molecule has 6 nitrogen and oxygen atoms in total. The van der Waals surface area contributed by atoms with E-state index in [1.165, 1.54) is 25.1 Å². The minimum Gasteiger partial charge on any atom is -0.478 e. The summed E-state index contributed by atoms with van der Waals surface area (Å²) >= 11 is 13.7. The number of halogens is 3. The quantitative estimate of drug-likeness (QED) is 0.179. The Balaban J connectivity index is 1.51. The number of nitrogens with zero attached hydrogens (tertiary/aromatic N) is 1. The van der Waals surface area contributed by atoms with Crippen molar-refractivity contribution in [1.82, 2.24) is 4.98 Å². The summed E-state index contributed by atoms with van der Waals surface area (Å²) in [5.74, 6) is -2.06. The lowest BCUT2D eigenvalue weighted by molar-refractivity contribution is -0.132. The van der Waals surface area contributed by atoms with Crippen LogP contribution in [0.1, 0.15) is 46.5 Å². The van der Waals surface area contributed by atoms with Gasteiger partial charge in [0.05, 0.1) is 21.8 Å². The molecular weight excluding hydrogens is 574 g/mol. The predicted octanol–water partition coefficient (Wildman–Crippen LogP) is 8.32. The molecule has 10 heteroatoms. The Kier molecular flexibility index (Phi) is 9.71. The third-order valence-corrected chi connectivity index (χ3v) is 7.62. The minimum atomic E-state index is -1.11. The second-order valence-electron chi connectivity index (χ2n) is 8.94. The van der Waals surface area contributed by atoms with E-state index in [0.29, 0.717) is 28.8 Å². The number of benzene rings is 3. The molecule has 0 bridgehead atoms. The van der Waals surface area contributed by atoms with Gasteiger partial charge in [-0.15, -0.1) is 11.3 Å². The van der Waals surface area contributed by atoms with E-state index >= 15 is 4.39 Å². The van der Waals surface area contributed by atoms with Crippen LogP contribution in [-0.2, 0) is 16.0 Å². The maximum atomic E-state index is 15.7. The van der Waals surface area contributed by atoms with Crippen LogP contribution in [0.4, 0.5) is 9.52 Å². The van der Waals surface area contributed by atoms with E-state index in [9.17, 15) is 9.59 Å². The van der Waals surface area contributed by atoms with Crippen molar-refractivity contribution in [2.75, 3.05) is 12.4 Å². The van der Waals surface area contributed by atoms with Crippen molar-refractivity contribution >= 4 is 57.6 Å². The molecule has 1 heterocycles. The number of ether oxygens (including phenoxy) is 1. The predicted molar refractivity (Wildman–Crippen MR) is 158 cm³/mol. The highest BCUT2D eigenvalue weighted by Crippen LogP contribution is 2.34. The number of aryl methyl sites for hydroxylation is 1. The lowest BCUT2D eigenvalue weighted by Crippen LogP contribution is -2.12. The van der Waals surface area contributed by atoms with Crippen molar-refractivity contribution in [1.29, 1.82) is 0 Å². The van der Waals surface area contributed by atoms with Crippen molar-refractivity contribution < 1.29 is 23.8 Å². The summed E-state index contributed by atoms with van der Waals surface area (Å²) in [7, 11) is 1.56. The third kappa shape index (κ3) is 6.95. The van der Waals surface area contributed by atoms with Gasteiger partial charge >= 0.3 is 5.97 Å². The molecule has 4 aromatic rings. The number of rotatable bonds is 10. The summed E-state index contributed by atoms with van der Waals surface area (Å²) in [4.78, 5) is 28.4. The largest absolute Gasteiger partial charge is 0.478 e. The van der Waals surface area contributed by atoms with Gasteiger partial charge in [-0.3, -0.25) is 10.1 Å². The third-order valence-electron chi connectivity index (χ3n) is 6.24. The number of methoxy groups -OCH3 is 1. The lowest BCUT2D eigenvalue weighted by Gasteiger charge is -2.18. The number of carbonyl (C=O) groups is 2. The molecule has 4 rings (SSSR count). The first-order valence-electron chi connectivity index (χ1n) is 12.2. The zero-order valence-corrected chi connectivity index (χ0v) is 23.9. The number of aliphatic carboxylic acids is 1. The highest BCUT2D eigenvalue weighted by molar-refractivity contribution is 7.14. The topological polar surface area (TPSA) is 88.5 Å². The van der Waals surface area contributed by atoms with E-state index in [4.69, 9.17) is 33.0 Å². The Morgan fingerprint density at radius 2 is 1.82 bits per heavy atom. The molecule has 1 unspecified atom stereocenters. The van der Waals surface area contributed by atoms with Crippen molar-refractivity contribution in [3.63, 3.8) is 0 Å². The Morgan fingerprint density at radius 1 is 1.12 bits per heavy atom. The molecule has 1 atom stereocenters. The van der Waals surface area contributed by atoms with Gasteiger partial charge in [0, 0.05) is 40.3 Å². The van der Waals surface area contributed by atoms with Crippen molar-refractivity contribution in [3.8, 4) is 11.3 Å². The summed E-state index contributed by atoms with van der Waals surface area (Å²) in [6.07, 6.45) is 2.24. The van der Waals surface area contributed by atoms with Gasteiger partial charge < -0.3 is 9.84 Å². The fourth-order valence-corrected chi connectivity index (χ4v) is 5.40. The van der Waals surface area contributed by atoms with Crippen LogP contribution in [0.5, 0.6) is 0 Å². The number of aromatic nitrogens is 1. The molecule has 0 spiro atoms. The number of carboxylic acids is 1. The second kappa shape index (κ2) is 13.2. The van der Waals surface area contributed by atoms with Crippen molar-refractivity contribution in [2.45, 2.75) is 25.9 Å². The van der Waals surface area contributed by atoms with Gasteiger partial charge in [0.15, 0.2) is 5.13 Å². The number of thiazole rings is 1. The first-order chi connectivity index (χ1) is 19.2. The maximum absolute atomic E-state index is 15.7. The molecular formula is C30H25Cl2FN2O4S. The number of amides is 1. The molecule has 0 aliphatic rings. The van der Waals surface area contributed by atoms with E-state index in [0.717, 1.165) is 23.3 Å². The van der Waals surface area contributed by atoms with E-state index in [2.05, 4.69) is 10.3 Å². The van der Waals surface area contributed by atoms with E-state index in [-0.39, 0.29) is 26.3 Å². The van der Waals surface area contributed by atoms with Crippen molar-refractivity contribution in [2.24, 2.45) is 0 Å². The zero-order chi connectivity index (χ0) is 28.8. The summed E-state index contributed by atoms with van der Waals surface area (Å²) in [6, 6.07) is 17.8. The Labute approximate surface area is 245 Å². The van der Waals surface area contributed by atoms with Gasteiger partial charge in [-0.1, -0.05) is 65.7 Å². The summed E-state index contributed by atoms with van der Waals surface area (Å²) in [5, 5.41) is 13.9. The molecule has 2 N–H and O–H groups in total. The molecule has 1 amide bonds. The minimum absolute atomic E-state index is 0.0423. The maximum Gasteiger partial charge on any atom is 0.331 e. The molecule has 0 fully saturated rings. The average Bonchev–Trinajstić information content (AvgIpc) is 3.40. The number of hydrogen-bond acceptors (Lipinski definition) is 5. The van der Waals surface area contributed by atoms with Crippen LogP contribution in [0.3, 0.4) is 0 Å². The standard InChI is InChI=1S/C30H25Cl2FN2O4S/c1-17(29(37)38)13-22-23(31)14-19(15-24(22)32)28(36)35-30-34-25(16-40-30)20-9-6-10-21(27(20)33)26(39-2)12-11-18-7-4-3-5-8-18/h3-10,13-16,26H,11-12H2,1-2H3,(H,37,38)(H,34,35,36). The normalized spacial score (nSPS) is 12.3. The van der Waals surface area contributed by atoms with Gasteiger partial charge in [-0.05, 0) is 49.6 Å². The van der Waals surface area contributed by atoms with Crippen LogP contribution in [0.25, 0.3) is 17.3 Å². The van der Waals surface area contributed by atoms with E-state index in [1.54, 1.807) is 30.7 Å². The smallest absolute Gasteiger partial charge is 0.331 e. The first kappa shape index (κ1) is 29.4. The first-order valence-corrected chi connectivity index (χ1v) is 13.8. The fraction of sp³-hybridized carbons (Fsp3) is 0.167. The molecule has 0 saturated heterocycles. The van der Waals surface area contributed by atoms with Gasteiger partial charge in [-0.25, -0.2) is 14.2 Å². The Bertz CT molecular complexity index is 1550. The summed E-state index contributed by atoms with van der Waals surface area (Å²) < 4.78 is 21.3. The molecule has 0 aliphatic carbocycles. The van der Waals surface area contributed by atoms with Crippen LogP contribution in [0, 0.1) is 5.82 Å². The SMILES string of the molecule is COC(CCc1ccccc1)c1cccc(-c2csc(NC(=O)c3cc(Cl)c(C=C(C)C(=O)O)c(Cl)c3)n2)c1F. The highest BCUT2D eigenvalue weighted by Gasteiger charge is 2.21. The van der Waals surface area contributed by atoms with Gasteiger partial charge in [0.25, 0.3) is 5.91 Å². The van der Waals surface area contributed by atoms with Gasteiger partial charge in [0.2, 0.25) is 0 Å². The molecule has 0 aliphatic heterocycles. The van der Waals surface area contributed by atoms with Gasteiger partial charge in [-0.2, -0.15) is 0 Å². The number of hydrogen-bond donors (Lipinski definition) is 2. The second-order valence-corrected chi connectivity index (χ2v) is 10.6. The molecule has 0 radical (unpaired) electrons. The number of carbonyl (C=O) groups excluding carboxylic acids is 1. The molecule has 40 heavy (non-hydrogen) atoms. The summed E-state index contributed by atoms with van der Waals surface area (Å²) in [6.45, 7) is 1.41. The number of carboxylic acid groups (broad SMARTS) is 1. The number of anilines is 1. The Morgan fingerprint density at radius 3 is 2.48 bits per heavy atom. The Hall–Kier alpha value is -3.56. The van der Waals surface area contributed by atoms with Crippen molar-refractivity contribution in [3.05, 3.63) is 110 Å². The monoisotopic (exact) mass is 598 g/mol. The molecule has 3 aromatic carbocycles. The van der Waals surface area contributed by atoms with Gasteiger partial charge in [0.1, 0.15) is 5.82 Å². The fourth-order valence-electron chi connectivity index (χ4n) is 4.09. The van der Waals surface area contributed by atoms with Crippen LogP contribution in [0.2, 0.25) is 10.0 Å². The van der Waals surface area contributed by atoms with Crippen LogP contribution < -0.4 is 5.32 Å². The zero-order valence-electron chi connectivity index (χ0n) is 21.6. The van der Waals surface area contributed by atoms with Crippen LogP contribution in [-0.4, -0.2) is 29.1 Å².